The van der Waals surface area contributed by atoms with Crippen LogP contribution < -0.4 is 10.1 Å². The molecule has 1 amide bonds. The van der Waals surface area contributed by atoms with Crippen LogP contribution >= 0.6 is 0 Å². The number of ether oxygens (including phenoxy) is 1. The number of nitrogens with zero attached hydrogens (tertiary/aromatic N) is 3. The number of rotatable bonds is 6. The van der Waals surface area contributed by atoms with Crippen LogP contribution in [0.25, 0.3) is 0 Å². The van der Waals surface area contributed by atoms with E-state index in [0.29, 0.717) is 13.1 Å². The van der Waals surface area contributed by atoms with Gasteiger partial charge in [0.05, 0.1) is 13.0 Å². The number of carbonyl (C=O) groups is 1. The van der Waals surface area contributed by atoms with Crippen LogP contribution in [0.4, 0.5) is 10.2 Å². The van der Waals surface area contributed by atoms with Crippen molar-refractivity contribution in [2.24, 2.45) is 0 Å². The summed E-state index contributed by atoms with van der Waals surface area (Å²) in [4.78, 5) is 14.1. The van der Waals surface area contributed by atoms with E-state index in [9.17, 15) is 9.18 Å². The van der Waals surface area contributed by atoms with Gasteiger partial charge in [0.15, 0.2) is 11.6 Å². The van der Waals surface area contributed by atoms with Crippen LogP contribution in [-0.2, 0) is 4.79 Å². The van der Waals surface area contributed by atoms with Gasteiger partial charge in [-0.1, -0.05) is 12.1 Å². The van der Waals surface area contributed by atoms with Gasteiger partial charge < -0.3 is 15.0 Å². The van der Waals surface area contributed by atoms with E-state index < -0.39 is 5.82 Å². The summed E-state index contributed by atoms with van der Waals surface area (Å²) in [5.41, 5.74) is 0. The molecule has 7 heteroatoms. The van der Waals surface area contributed by atoms with E-state index in [2.05, 4.69) is 15.5 Å². The Morgan fingerprint density at radius 2 is 2.04 bits per heavy atom. The molecule has 1 aromatic heterocycles. The summed E-state index contributed by atoms with van der Waals surface area (Å²) in [5, 5.41) is 11.2. The van der Waals surface area contributed by atoms with Gasteiger partial charge in [0.2, 0.25) is 5.91 Å². The summed E-state index contributed by atoms with van der Waals surface area (Å²) in [6, 6.07) is 10.2. The molecule has 3 rings (SSSR count). The molecular weight excluding hydrogens is 323 g/mol. The molecular formula is C18H21FN4O2. The van der Waals surface area contributed by atoms with E-state index in [1.165, 1.54) is 6.07 Å². The minimum Gasteiger partial charge on any atom is -0.490 e. The number of nitrogens with one attached hydrogen (secondary N) is 1. The van der Waals surface area contributed by atoms with E-state index in [4.69, 9.17) is 4.74 Å². The molecule has 0 saturated carbocycles. The molecule has 25 heavy (non-hydrogen) atoms. The van der Waals surface area contributed by atoms with Crippen molar-refractivity contribution in [2.45, 2.75) is 25.3 Å². The first-order chi connectivity index (χ1) is 12.2. The lowest BCUT2D eigenvalue weighted by atomic mass is 10.0. The molecule has 0 atom stereocenters. The van der Waals surface area contributed by atoms with Gasteiger partial charge in [-0.05, 0) is 37.1 Å². The van der Waals surface area contributed by atoms with Gasteiger partial charge in [0.25, 0.3) is 0 Å². The number of benzene rings is 1. The Kier molecular flexibility index (Phi) is 5.77. The van der Waals surface area contributed by atoms with E-state index in [1.54, 1.807) is 24.4 Å². The molecule has 1 aromatic carbocycles. The average Bonchev–Trinajstić information content (AvgIpc) is 2.65. The molecule has 0 unspecified atom stereocenters. The number of amides is 1. The van der Waals surface area contributed by atoms with Gasteiger partial charge in [-0.25, -0.2) is 4.39 Å². The highest BCUT2D eigenvalue weighted by molar-refractivity contribution is 5.76. The summed E-state index contributed by atoms with van der Waals surface area (Å²) in [5.74, 6) is 0.563. The second kappa shape index (κ2) is 8.41. The van der Waals surface area contributed by atoms with Crippen molar-refractivity contribution in [3.8, 4) is 5.75 Å². The number of carbonyl (C=O) groups excluding carboxylic acids is 1. The minimum atomic E-state index is -0.411. The van der Waals surface area contributed by atoms with E-state index in [1.807, 2.05) is 17.0 Å². The first kappa shape index (κ1) is 17.1. The Labute approximate surface area is 146 Å². The van der Waals surface area contributed by atoms with Crippen LogP contribution in [0.15, 0.2) is 42.6 Å². The summed E-state index contributed by atoms with van der Waals surface area (Å²) in [6.45, 7) is 1.56. The van der Waals surface area contributed by atoms with Crippen molar-refractivity contribution in [1.82, 2.24) is 15.1 Å². The summed E-state index contributed by atoms with van der Waals surface area (Å²) >= 11 is 0. The fourth-order valence-corrected chi connectivity index (χ4v) is 2.83. The third-order valence-electron chi connectivity index (χ3n) is 4.18. The molecule has 0 aliphatic carbocycles. The number of halogens is 1. The summed E-state index contributed by atoms with van der Waals surface area (Å²) in [6.07, 6.45) is 3.60. The average molecular weight is 344 g/mol. The van der Waals surface area contributed by atoms with Crippen LogP contribution in [0.3, 0.4) is 0 Å². The molecule has 1 aliphatic rings. The lowest BCUT2D eigenvalue weighted by molar-refractivity contribution is -0.132. The number of anilines is 1. The summed E-state index contributed by atoms with van der Waals surface area (Å²) in [7, 11) is 0. The zero-order valence-corrected chi connectivity index (χ0v) is 13.9. The fraction of sp³-hybridized carbons (Fsp3) is 0.389. The molecule has 1 saturated heterocycles. The van der Waals surface area contributed by atoms with Crippen LogP contribution in [0.5, 0.6) is 5.75 Å². The van der Waals surface area contributed by atoms with Crippen molar-refractivity contribution >= 4 is 11.7 Å². The largest absolute Gasteiger partial charge is 0.490 e. The molecule has 2 aromatic rings. The fourth-order valence-electron chi connectivity index (χ4n) is 2.83. The number of piperidine rings is 1. The zero-order valence-electron chi connectivity index (χ0n) is 13.9. The van der Waals surface area contributed by atoms with Crippen LogP contribution in [-0.4, -0.2) is 46.7 Å². The van der Waals surface area contributed by atoms with E-state index >= 15 is 0 Å². The lowest BCUT2D eigenvalue weighted by Gasteiger charge is -2.32. The zero-order chi connectivity index (χ0) is 17.5. The van der Waals surface area contributed by atoms with Crippen molar-refractivity contribution in [3.63, 3.8) is 0 Å². The molecule has 132 valence electrons. The van der Waals surface area contributed by atoms with Crippen molar-refractivity contribution in [3.05, 3.63) is 48.4 Å². The highest BCUT2D eigenvalue weighted by Gasteiger charge is 2.22. The second-order valence-corrected chi connectivity index (χ2v) is 5.94. The van der Waals surface area contributed by atoms with Gasteiger partial charge in [-0.15, -0.1) is 5.10 Å². The monoisotopic (exact) mass is 344 g/mol. The van der Waals surface area contributed by atoms with Crippen LogP contribution in [0, 0.1) is 5.82 Å². The highest BCUT2D eigenvalue weighted by Crippen LogP contribution is 2.17. The smallest absolute Gasteiger partial charge is 0.225 e. The quantitative estimate of drug-likeness (QED) is 0.872. The first-order valence-electron chi connectivity index (χ1n) is 8.42. The Morgan fingerprint density at radius 1 is 1.24 bits per heavy atom. The number of hydrogen-bond acceptors (Lipinski definition) is 5. The first-order valence-corrected chi connectivity index (χ1v) is 8.42. The normalized spacial score (nSPS) is 15.0. The second-order valence-electron chi connectivity index (χ2n) is 5.94. The van der Waals surface area contributed by atoms with Crippen molar-refractivity contribution in [1.29, 1.82) is 0 Å². The van der Waals surface area contributed by atoms with E-state index in [-0.39, 0.29) is 30.7 Å². The third-order valence-corrected chi connectivity index (χ3v) is 4.18. The third kappa shape index (κ3) is 4.89. The maximum atomic E-state index is 13.5. The number of aromatic nitrogens is 2. The van der Waals surface area contributed by atoms with Crippen LogP contribution in [0.2, 0.25) is 0 Å². The van der Waals surface area contributed by atoms with E-state index in [0.717, 1.165) is 18.7 Å². The molecule has 1 fully saturated rings. The standard InChI is InChI=1S/C18H21FN4O2/c19-15-4-1-2-5-16(15)25-13-9-18(24)23-11-7-14(8-12-23)21-17-6-3-10-20-22-17/h1-6,10,14H,7-9,11-13H2,(H,21,22). The predicted octanol–water partition coefficient (Wildman–Crippen LogP) is 2.49. The maximum Gasteiger partial charge on any atom is 0.225 e. The SMILES string of the molecule is O=C(CCOc1ccccc1F)N1CCC(Nc2cccnn2)CC1. The molecule has 0 spiro atoms. The minimum absolute atomic E-state index is 0.0364. The molecule has 1 aliphatic heterocycles. The maximum absolute atomic E-state index is 13.5. The molecule has 0 radical (unpaired) electrons. The molecule has 0 bridgehead atoms. The molecule has 2 heterocycles. The van der Waals surface area contributed by atoms with Crippen LogP contribution in [0.1, 0.15) is 19.3 Å². The van der Waals surface area contributed by atoms with Gasteiger partial charge >= 0.3 is 0 Å². The molecule has 1 N–H and O–H groups in total. The highest BCUT2D eigenvalue weighted by atomic mass is 19.1. The van der Waals surface area contributed by atoms with Crippen molar-refractivity contribution < 1.29 is 13.9 Å². The number of hydrogen-bond donors (Lipinski definition) is 1. The van der Waals surface area contributed by atoms with Gasteiger partial charge in [0, 0.05) is 25.3 Å². The Morgan fingerprint density at radius 3 is 2.76 bits per heavy atom. The summed E-state index contributed by atoms with van der Waals surface area (Å²) < 4.78 is 18.8. The van der Waals surface area contributed by atoms with Gasteiger partial charge in [-0.3, -0.25) is 4.79 Å². The van der Waals surface area contributed by atoms with Gasteiger partial charge in [0.1, 0.15) is 5.82 Å². The number of likely N-dealkylation sites (tertiary alicyclic amines) is 1. The number of para-hydroxylation sites is 1. The Hall–Kier alpha value is -2.70. The van der Waals surface area contributed by atoms with Gasteiger partial charge in [-0.2, -0.15) is 5.10 Å². The topological polar surface area (TPSA) is 67.3 Å². The Bertz CT molecular complexity index is 690. The Balaban J connectivity index is 1.39. The molecule has 6 nitrogen and oxygen atoms in total. The lowest BCUT2D eigenvalue weighted by Crippen LogP contribution is -2.42. The predicted molar refractivity (Wildman–Crippen MR) is 91.8 cm³/mol. The van der Waals surface area contributed by atoms with Crippen molar-refractivity contribution in [2.75, 3.05) is 25.0 Å².